The molecule has 18 heavy (non-hydrogen) atoms. The summed E-state index contributed by atoms with van der Waals surface area (Å²) < 4.78 is 0. The van der Waals surface area contributed by atoms with Crippen molar-refractivity contribution in [2.75, 3.05) is 5.32 Å². The molecule has 0 fully saturated rings. The zero-order chi connectivity index (χ0) is 13.5. The maximum absolute atomic E-state index is 10.9. The number of rotatable bonds is 7. The molecule has 0 radical (unpaired) electrons. The average Bonchev–Trinajstić information content (AvgIpc) is 2.32. The summed E-state index contributed by atoms with van der Waals surface area (Å²) in [4.78, 5) is 10.6. The minimum absolute atomic E-state index is 0.187. The van der Waals surface area contributed by atoms with Gasteiger partial charge in [0.15, 0.2) is 0 Å². The molecule has 0 saturated heterocycles. The number of nitrogens with one attached hydrogen (secondary N) is 1. The number of aryl methyl sites for hydroxylation is 1. The Labute approximate surface area is 109 Å². The van der Waals surface area contributed by atoms with E-state index >= 15 is 0 Å². The molecular formula is C14H22N2O2. The molecule has 0 aliphatic carbocycles. The van der Waals surface area contributed by atoms with Crippen molar-refractivity contribution < 1.29 is 4.92 Å². The van der Waals surface area contributed by atoms with Crippen LogP contribution in [0.25, 0.3) is 0 Å². The highest BCUT2D eigenvalue weighted by molar-refractivity contribution is 5.55. The van der Waals surface area contributed by atoms with Gasteiger partial charge in [-0.25, -0.2) is 0 Å². The number of nitro groups is 1. The number of nitrogens with zero attached hydrogens (tertiary/aromatic N) is 1. The van der Waals surface area contributed by atoms with E-state index in [1.54, 1.807) is 19.1 Å². The lowest BCUT2D eigenvalue weighted by Crippen LogP contribution is -2.18. The van der Waals surface area contributed by atoms with E-state index in [4.69, 9.17) is 0 Å². The molecule has 1 aromatic rings. The van der Waals surface area contributed by atoms with Gasteiger partial charge in [0, 0.05) is 23.4 Å². The van der Waals surface area contributed by atoms with Gasteiger partial charge in [0.25, 0.3) is 5.69 Å². The molecule has 4 heteroatoms. The number of benzene rings is 1. The third kappa shape index (κ3) is 4.02. The summed E-state index contributed by atoms with van der Waals surface area (Å²) in [6, 6.07) is 5.76. The Morgan fingerprint density at radius 2 is 1.89 bits per heavy atom. The smallest absolute Gasteiger partial charge is 0.274 e. The standard InChI is InChI=1S/C14H22N2O2/c1-4-6-12(7-5-2)15-13-9-8-11(3)14(10-13)16(17)18/h8-10,12,15H,4-7H2,1-3H3. The molecule has 0 heterocycles. The van der Waals surface area contributed by atoms with Crippen molar-refractivity contribution in [1.82, 2.24) is 0 Å². The Bertz CT molecular complexity index is 399. The van der Waals surface area contributed by atoms with E-state index < -0.39 is 0 Å². The van der Waals surface area contributed by atoms with Gasteiger partial charge in [0.2, 0.25) is 0 Å². The first kappa shape index (κ1) is 14.5. The van der Waals surface area contributed by atoms with Crippen molar-refractivity contribution in [3.8, 4) is 0 Å². The van der Waals surface area contributed by atoms with Crippen molar-refractivity contribution >= 4 is 11.4 Å². The molecule has 0 unspecified atom stereocenters. The van der Waals surface area contributed by atoms with Crippen LogP contribution in [0.2, 0.25) is 0 Å². The summed E-state index contributed by atoms with van der Waals surface area (Å²) in [5, 5.41) is 14.3. The van der Waals surface area contributed by atoms with Crippen LogP contribution < -0.4 is 5.32 Å². The normalized spacial score (nSPS) is 10.7. The lowest BCUT2D eigenvalue weighted by Gasteiger charge is -2.18. The number of hydrogen-bond donors (Lipinski definition) is 1. The maximum Gasteiger partial charge on any atom is 0.274 e. The van der Waals surface area contributed by atoms with Crippen LogP contribution in [-0.4, -0.2) is 11.0 Å². The Balaban J connectivity index is 2.82. The predicted molar refractivity (Wildman–Crippen MR) is 75.1 cm³/mol. The van der Waals surface area contributed by atoms with Gasteiger partial charge >= 0.3 is 0 Å². The van der Waals surface area contributed by atoms with Crippen LogP contribution >= 0.6 is 0 Å². The van der Waals surface area contributed by atoms with Crippen molar-refractivity contribution in [2.24, 2.45) is 0 Å². The van der Waals surface area contributed by atoms with Gasteiger partial charge in [-0.1, -0.05) is 32.8 Å². The highest BCUT2D eigenvalue weighted by atomic mass is 16.6. The number of anilines is 1. The molecule has 0 atom stereocenters. The molecule has 0 aliphatic heterocycles. The quantitative estimate of drug-likeness (QED) is 0.580. The largest absolute Gasteiger partial charge is 0.382 e. The summed E-state index contributed by atoms with van der Waals surface area (Å²) in [6.45, 7) is 6.07. The van der Waals surface area contributed by atoms with Crippen LogP contribution in [0.1, 0.15) is 45.1 Å². The molecule has 100 valence electrons. The van der Waals surface area contributed by atoms with Gasteiger partial charge in [-0.2, -0.15) is 0 Å². The summed E-state index contributed by atoms with van der Waals surface area (Å²) in [7, 11) is 0. The minimum Gasteiger partial charge on any atom is -0.382 e. The molecule has 1 rings (SSSR count). The summed E-state index contributed by atoms with van der Waals surface area (Å²) in [5.74, 6) is 0. The third-order valence-electron chi connectivity index (χ3n) is 3.05. The zero-order valence-electron chi connectivity index (χ0n) is 11.4. The van der Waals surface area contributed by atoms with Crippen LogP contribution in [-0.2, 0) is 0 Å². The van der Waals surface area contributed by atoms with Gasteiger partial charge in [-0.05, 0) is 25.8 Å². The Kier molecular flexibility index (Phi) is 5.62. The molecule has 0 aliphatic rings. The van der Waals surface area contributed by atoms with Crippen molar-refractivity contribution in [3.63, 3.8) is 0 Å². The van der Waals surface area contributed by atoms with E-state index in [1.807, 2.05) is 6.07 Å². The Morgan fingerprint density at radius 3 is 2.39 bits per heavy atom. The average molecular weight is 250 g/mol. The van der Waals surface area contributed by atoms with Crippen molar-refractivity contribution in [2.45, 2.75) is 52.5 Å². The predicted octanol–water partition coefficient (Wildman–Crippen LogP) is 4.28. The van der Waals surface area contributed by atoms with Gasteiger partial charge in [-0.15, -0.1) is 0 Å². The van der Waals surface area contributed by atoms with Crippen LogP contribution in [0, 0.1) is 17.0 Å². The van der Waals surface area contributed by atoms with E-state index in [0.29, 0.717) is 11.6 Å². The monoisotopic (exact) mass is 250 g/mol. The highest BCUT2D eigenvalue weighted by Gasteiger charge is 2.13. The zero-order valence-corrected chi connectivity index (χ0v) is 11.4. The molecule has 1 N–H and O–H groups in total. The molecular weight excluding hydrogens is 228 g/mol. The van der Waals surface area contributed by atoms with E-state index in [-0.39, 0.29) is 10.6 Å². The van der Waals surface area contributed by atoms with Crippen LogP contribution in [0.5, 0.6) is 0 Å². The molecule has 0 aromatic heterocycles. The topological polar surface area (TPSA) is 55.2 Å². The van der Waals surface area contributed by atoms with Gasteiger partial charge in [0.05, 0.1) is 4.92 Å². The van der Waals surface area contributed by atoms with Gasteiger partial charge in [-0.3, -0.25) is 10.1 Å². The fourth-order valence-corrected chi connectivity index (χ4v) is 2.12. The van der Waals surface area contributed by atoms with Crippen molar-refractivity contribution in [1.29, 1.82) is 0 Å². The molecule has 0 bridgehead atoms. The van der Waals surface area contributed by atoms with Gasteiger partial charge < -0.3 is 5.32 Å². The summed E-state index contributed by atoms with van der Waals surface area (Å²) >= 11 is 0. The SMILES string of the molecule is CCCC(CCC)Nc1ccc(C)c([N+](=O)[O-])c1. The second kappa shape index (κ2) is 6.99. The summed E-state index contributed by atoms with van der Waals surface area (Å²) in [6.07, 6.45) is 4.42. The van der Waals surface area contributed by atoms with Gasteiger partial charge in [0.1, 0.15) is 0 Å². The first-order valence-electron chi connectivity index (χ1n) is 6.60. The molecule has 4 nitrogen and oxygen atoms in total. The highest BCUT2D eigenvalue weighted by Crippen LogP contribution is 2.23. The third-order valence-corrected chi connectivity index (χ3v) is 3.05. The van der Waals surface area contributed by atoms with E-state index in [1.165, 1.54) is 0 Å². The fraction of sp³-hybridized carbons (Fsp3) is 0.571. The Hall–Kier alpha value is -1.58. The fourth-order valence-electron chi connectivity index (χ4n) is 2.12. The van der Waals surface area contributed by atoms with E-state index in [2.05, 4.69) is 19.2 Å². The molecule has 0 amide bonds. The second-order valence-corrected chi connectivity index (χ2v) is 4.68. The van der Waals surface area contributed by atoms with Crippen LogP contribution in [0.4, 0.5) is 11.4 Å². The van der Waals surface area contributed by atoms with Crippen molar-refractivity contribution in [3.05, 3.63) is 33.9 Å². The molecule has 0 spiro atoms. The van der Waals surface area contributed by atoms with E-state index in [9.17, 15) is 10.1 Å². The first-order valence-corrected chi connectivity index (χ1v) is 6.60. The number of nitro benzene ring substituents is 1. The summed E-state index contributed by atoms with van der Waals surface area (Å²) in [5.41, 5.74) is 1.74. The lowest BCUT2D eigenvalue weighted by atomic mass is 10.1. The minimum atomic E-state index is -0.324. The molecule has 1 aromatic carbocycles. The van der Waals surface area contributed by atoms with Crippen LogP contribution in [0.15, 0.2) is 18.2 Å². The van der Waals surface area contributed by atoms with E-state index in [0.717, 1.165) is 31.4 Å². The second-order valence-electron chi connectivity index (χ2n) is 4.68. The maximum atomic E-state index is 10.9. The Morgan fingerprint density at radius 1 is 1.28 bits per heavy atom. The molecule has 0 saturated carbocycles. The number of hydrogen-bond acceptors (Lipinski definition) is 3. The van der Waals surface area contributed by atoms with Crippen LogP contribution in [0.3, 0.4) is 0 Å². The first-order chi connectivity index (χ1) is 8.58. The lowest BCUT2D eigenvalue weighted by molar-refractivity contribution is -0.385.